The Morgan fingerprint density at radius 2 is 2.27 bits per heavy atom. The second-order valence-corrected chi connectivity index (χ2v) is 8.78. The molecule has 0 aliphatic carbocycles. The molecule has 2 N–H and O–H groups in total. The highest BCUT2D eigenvalue weighted by Crippen LogP contribution is 2.34. The first-order valence-electron chi connectivity index (χ1n) is 8.17. The van der Waals surface area contributed by atoms with Crippen LogP contribution in [0.25, 0.3) is 27.1 Å². The van der Waals surface area contributed by atoms with Crippen molar-refractivity contribution in [3.05, 3.63) is 42.4 Å². The van der Waals surface area contributed by atoms with Crippen LogP contribution in [0.2, 0.25) is 0 Å². The molecule has 4 heterocycles. The van der Waals surface area contributed by atoms with Gasteiger partial charge in [-0.3, -0.25) is 4.68 Å². The van der Waals surface area contributed by atoms with E-state index in [1.54, 1.807) is 22.1 Å². The second-order valence-electron chi connectivity index (χ2n) is 6.40. The van der Waals surface area contributed by atoms with Crippen LogP contribution in [-0.2, 0) is 15.5 Å². The van der Waals surface area contributed by atoms with Crippen LogP contribution in [0.4, 0.5) is 0 Å². The maximum absolute atomic E-state index is 12.3. The van der Waals surface area contributed by atoms with Gasteiger partial charge in [-0.05, 0) is 6.07 Å². The molecule has 3 aromatic rings. The van der Waals surface area contributed by atoms with Crippen LogP contribution >= 0.6 is 0 Å². The van der Waals surface area contributed by atoms with Crippen molar-refractivity contribution in [3.8, 4) is 11.3 Å². The minimum Gasteiger partial charge on any atom is -0.346 e. The number of nitrogens with zero attached hydrogens (tertiary/aromatic N) is 6. The van der Waals surface area contributed by atoms with Crippen molar-refractivity contribution in [2.45, 2.75) is 12.5 Å². The number of hydrogen-bond donors (Lipinski definition) is 2. The van der Waals surface area contributed by atoms with E-state index in [0.29, 0.717) is 13.1 Å². The molecule has 26 heavy (non-hydrogen) atoms. The maximum atomic E-state index is 12.3. The Kier molecular flexibility index (Phi) is 3.78. The Bertz CT molecular complexity index is 1100. The monoisotopic (exact) mass is 370 g/mol. The Labute approximate surface area is 151 Å². The first-order valence-corrected chi connectivity index (χ1v) is 9.86. The molecule has 9 nitrogen and oxygen atoms in total. The number of hydrogen-bond acceptors (Lipinski definition) is 5. The van der Waals surface area contributed by atoms with Crippen molar-refractivity contribution in [2.24, 2.45) is 0 Å². The summed E-state index contributed by atoms with van der Waals surface area (Å²) in [5.74, 6) is 0.276. The van der Waals surface area contributed by atoms with Gasteiger partial charge in [0, 0.05) is 42.2 Å². The summed E-state index contributed by atoms with van der Waals surface area (Å²) in [7, 11) is -2.76. The predicted octanol–water partition coefficient (Wildman–Crippen LogP) is 1.73. The lowest BCUT2D eigenvalue weighted by molar-refractivity contribution is 0.0864. The minimum atomic E-state index is -2.76. The van der Waals surface area contributed by atoms with Crippen molar-refractivity contribution in [3.63, 3.8) is 0 Å². The molecule has 0 spiro atoms. The number of nitrogens with one attached hydrogen (secondary N) is 2. The summed E-state index contributed by atoms with van der Waals surface area (Å²) in [6.45, 7) is 10.0. The molecule has 3 aromatic heterocycles. The molecule has 1 saturated heterocycles. The first-order chi connectivity index (χ1) is 12.5. The van der Waals surface area contributed by atoms with Gasteiger partial charge in [0.05, 0.1) is 11.9 Å². The van der Waals surface area contributed by atoms with Crippen LogP contribution in [-0.4, -0.2) is 58.6 Å². The van der Waals surface area contributed by atoms with E-state index >= 15 is 0 Å². The third kappa shape index (κ3) is 2.48. The smallest absolute Gasteiger partial charge is 0.242 e. The van der Waals surface area contributed by atoms with E-state index in [-0.39, 0.29) is 12.3 Å². The van der Waals surface area contributed by atoms with Crippen molar-refractivity contribution >= 4 is 20.9 Å². The van der Waals surface area contributed by atoms with Gasteiger partial charge in [-0.1, -0.05) is 6.92 Å². The zero-order valence-electron chi connectivity index (χ0n) is 14.2. The van der Waals surface area contributed by atoms with Gasteiger partial charge in [-0.25, -0.2) is 29.8 Å². The highest BCUT2D eigenvalue weighted by molar-refractivity contribution is 7.90. The Morgan fingerprint density at radius 3 is 3.00 bits per heavy atom. The van der Waals surface area contributed by atoms with Crippen molar-refractivity contribution in [1.82, 2.24) is 29.0 Å². The van der Waals surface area contributed by atoms with Crippen LogP contribution in [0.5, 0.6) is 0 Å². The number of aromatic amines is 1. The van der Waals surface area contributed by atoms with Crippen molar-refractivity contribution in [2.75, 3.05) is 25.4 Å². The predicted molar refractivity (Wildman–Crippen MR) is 97.5 cm³/mol. The summed E-state index contributed by atoms with van der Waals surface area (Å²) in [5.41, 5.74) is 1.81. The summed E-state index contributed by atoms with van der Waals surface area (Å²) in [4.78, 5) is 15.2. The lowest BCUT2D eigenvalue weighted by Gasteiger charge is -2.46. The second kappa shape index (κ2) is 5.89. The fourth-order valence-corrected chi connectivity index (χ4v) is 4.54. The van der Waals surface area contributed by atoms with Gasteiger partial charge in [0.15, 0.2) is 5.54 Å². The molecular weight excluding hydrogens is 352 g/mol. The highest BCUT2D eigenvalue weighted by Gasteiger charge is 2.51. The van der Waals surface area contributed by atoms with Crippen LogP contribution in [0.1, 0.15) is 6.92 Å². The Hall–Kier alpha value is -2.77. The van der Waals surface area contributed by atoms with Gasteiger partial charge in [0.2, 0.25) is 6.54 Å². The zero-order valence-corrected chi connectivity index (χ0v) is 15.0. The average molecular weight is 370 g/mol. The van der Waals surface area contributed by atoms with Gasteiger partial charge in [-0.15, -0.1) is 0 Å². The third-order valence-corrected chi connectivity index (χ3v) is 6.69. The molecule has 134 valence electrons. The minimum absolute atomic E-state index is 0.229. The molecule has 1 aliphatic rings. The Balaban J connectivity index is 1.69. The molecule has 4 rings (SSSR count). The Morgan fingerprint density at radius 1 is 1.46 bits per heavy atom. The summed E-state index contributed by atoms with van der Waals surface area (Å²) in [5, 5.41) is 5.37. The van der Waals surface area contributed by atoms with Crippen molar-refractivity contribution < 1.29 is 4.21 Å². The van der Waals surface area contributed by atoms with Gasteiger partial charge < -0.3 is 9.83 Å². The molecule has 0 bridgehead atoms. The maximum Gasteiger partial charge on any atom is 0.242 e. The van der Waals surface area contributed by atoms with E-state index in [4.69, 9.17) is 11.4 Å². The number of H-pyrrole nitrogens is 1. The van der Waals surface area contributed by atoms with Crippen LogP contribution in [0.15, 0.2) is 31.0 Å². The van der Waals surface area contributed by atoms with Gasteiger partial charge in [-0.2, -0.15) is 5.10 Å². The molecule has 10 heteroatoms. The molecule has 1 fully saturated rings. The van der Waals surface area contributed by atoms with Gasteiger partial charge in [0.1, 0.15) is 21.9 Å². The largest absolute Gasteiger partial charge is 0.346 e. The fraction of sp³-hybridized carbons (Fsp3) is 0.375. The molecule has 1 unspecified atom stereocenters. The van der Waals surface area contributed by atoms with Crippen LogP contribution < -0.4 is 0 Å². The normalized spacial score (nSPS) is 18.9. The van der Waals surface area contributed by atoms with Gasteiger partial charge in [0.25, 0.3) is 0 Å². The van der Waals surface area contributed by atoms with E-state index in [1.165, 1.54) is 6.33 Å². The molecule has 0 amide bonds. The van der Waals surface area contributed by atoms with E-state index in [2.05, 4.69) is 24.9 Å². The quantitative estimate of drug-likeness (QED) is 0.667. The first kappa shape index (κ1) is 16.7. The highest BCUT2D eigenvalue weighted by atomic mass is 32.2. The lowest BCUT2D eigenvalue weighted by atomic mass is 9.92. The topological polar surface area (TPSA) is 108 Å². The van der Waals surface area contributed by atoms with Crippen LogP contribution in [0, 0.1) is 11.4 Å². The van der Waals surface area contributed by atoms with E-state index < -0.39 is 15.5 Å². The summed E-state index contributed by atoms with van der Waals surface area (Å²) in [6.07, 6.45) is 6.91. The molecule has 0 radical (unpaired) electrons. The molecule has 1 aliphatic heterocycles. The average Bonchev–Trinajstić information content (AvgIpc) is 3.26. The molecule has 0 saturated carbocycles. The standard InChI is InChI=1S/C16H18N8OS/c1-3-26(17,25)23-9-16(10-23,8-18-2)24-7-12(6-22-24)14-13-4-5-19-15(13)21-11-20-14/h4-7,11,17H,3,8-10H2,1H3,(H,19,20,21). The number of fused-ring (bicyclic) bond motifs is 1. The van der Waals surface area contributed by atoms with Crippen molar-refractivity contribution in [1.29, 1.82) is 4.78 Å². The van der Waals surface area contributed by atoms with Crippen LogP contribution in [0.3, 0.4) is 0 Å². The molecule has 0 aromatic carbocycles. The number of rotatable bonds is 5. The summed E-state index contributed by atoms with van der Waals surface area (Å²) in [6, 6.07) is 1.92. The van der Waals surface area contributed by atoms with E-state index in [1.807, 2.05) is 18.5 Å². The lowest BCUT2D eigenvalue weighted by Crippen LogP contribution is -2.65. The van der Waals surface area contributed by atoms with E-state index in [0.717, 1.165) is 22.3 Å². The third-order valence-electron chi connectivity index (χ3n) is 4.82. The summed E-state index contributed by atoms with van der Waals surface area (Å²) >= 11 is 0. The van der Waals surface area contributed by atoms with Gasteiger partial charge >= 0.3 is 0 Å². The molecule has 1 atom stereocenters. The number of aromatic nitrogens is 5. The fourth-order valence-electron chi connectivity index (χ4n) is 3.27. The summed E-state index contributed by atoms with van der Waals surface area (Å²) < 4.78 is 23.6. The van der Waals surface area contributed by atoms with E-state index in [9.17, 15) is 4.21 Å². The zero-order chi connectivity index (χ0) is 18.4. The SMILES string of the molecule is [C-]#[N+]CC1(n2cc(-c3ncnc4[nH]ccc34)cn2)CN(S(=N)(=O)CC)C1. The molecular formula is C16H18N8OS.